The SMILES string of the molecule is COc1ccc([C@@H]2CC(=O)Nc3c2c(=O)nc(SCc2ccc(Cl)cc2)n3C)cc1OC. The van der Waals surface area contributed by atoms with Crippen molar-refractivity contribution < 1.29 is 14.3 Å². The molecule has 0 bridgehead atoms. The number of hydrogen-bond acceptors (Lipinski definition) is 6. The highest BCUT2D eigenvalue weighted by molar-refractivity contribution is 7.98. The van der Waals surface area contributed by atoms with Crippen molar-refractivity contribution in [1.29, 1.82) is 0 Å². The number of ether oxygens (including phenoxy) is 2. The van der Waals surface area contributed by atoms with Gasteiger partial charge in [0.1, 0.15) is 5.82 Å². The summed E-state index contributed by atoms with van der Waals surface area (Å²) in [5.41, 5.74) is 1.96. The molecule has 2 aromatic carbocycles. The van der Waals surface area contributed by atoms with Crippen LogP contribution in [0.3, 0.4) is 0 Å². The molecule has 2 heterocycles. The summed E-state index contributed by atoms with van der Waals surface area (Å²) < 4.78 is 12.5. The topological polar surface area (TPSA) is 82.5 Å². The second-order valence-electron chi connectivity index (χ2n) is 7.36. The maximum atomic E-state index is 13.1. The highest BCUT2D eigenvalue weighted by Crippen LogP contribution is 2.39. The predicted molar refractivity (Wildman–Crippen MR) is 125 cm³/mol. The van der Waals surface area contributed by atoms with E-state index in [1.807, 2.05) is 30.3 Å². The van der Waals surface area contributed by atoms with Crippen molar-refractivity contribution in [2.45, 2.75) is 23.2 Å². The minimum atomic E-state index is -0.430. The fourth-order valence-corrected chi connectivity index (χ4v) is 4.79. The van der Waals surface area contributed by atoms with Crippen LogP contribution in [0, 0.1) is 0 Å². The Morgan fingerprint density at radius 3 is 2.53 bits per heavy atom. The van der Waals surface area contributed by atoms with Crippen molar-refractivity contribution in [3.8, 4) is 11.5 Å². The largest absolute Gasteiger partial charge is 0.493 e. The van der Waals surface area contributed by atoms with Crippen LogP contribution in [0.2, 0.25) is 5.02 Å². The molecule has 9 heteroatoms. The van der Waals surface area contributed by atoms with Crippen molar-refractivity contribution in [2.24, 2.45) is 7.05 Å². The number of methoxy groups -OCH3 is 2. The highest BCUT2D eigenvalue weighted by Gasteiger charge is 2.32. The third kappa shape index (κ3) is 4.33. The van der Waals surface area contributed by atoms with Crippen LogP contribution in [0.5, 0.6) is 11.5 Å². The van der Waals surface area contributed by atoms with Crippen LogP contribution in [0.1, 0.15) is 29.0 Å². The maximum Gasteiger partial charge on any atom is 0.279 e. The number of fused-ring (bicyclic) bond motifs is 1. The number of hydrogen-bond donors (Lipinski definition) is 1. The molecule has 0 spiro atoms. The van der Waals surface area contributed by atoms with E-state index in [1.165, 1.54) is 11.8 Å². The highest BCUT2D eigenvalue weighted by atomic mass is 35.5. The van der Waals surface area contributed by atoms with E-state index < -0.39 is 5.92 Å². The van der Waals surface area contributed by atoms with Gasteiger partial charge in [0.2, 0.25) is 5.91 Å². The van der Waals surface area contributed by atoms with Crippen LogP contribution in [0.4, 0.5) is 5.82 Å². The zero-order valence-electron chi connectivity index (χ0n) is 17.8. The monoisotopic (exact) mass is 471 g/mol. The molecule has 32 heavy (non-hydrogen) atoms. The van der Waals surface area contributed by atoms with Gasteiger partial charge in [0.25, 0.3) is 5.56 Å². The Bertz CT molecular complexity index is 1230. The summed E-state index contributed by atoms with van der Waals surface area (Å²) in [5.74, 6) is 1.62. The molecule has 0 radical (unpaired) electrons. The van der Waals surface area contributed by atoms with Crippen molar-refractivity contribution >= 4 is 35.1 Å². The van der Waals surface area contributed by atoms with E-state index in [0.29, 0.717) is 38.8 Å². The third-order valence-corrected chi connectivity index (χ3v) is 6.75. The number of amides is 1. The van der Waals surface area contributed by atoms with Crippen molar-refractivity contribution in [3.05, 3.63) is 74.5 Å². The number of nitrogens with zero attached hydrogens (tertiary/aromatic N) is 2. The van der Waals surface area contributed by atoms with Gasteiger partial charge in [0, 0.05) is 30.2 Å². The second kappa shape index (κ2) is 9.26. The van der Waals surface area contributed by atoms with Gasteiger partial charge in [-0.15, -0.1) is 0 Å². The lowest BCUT2D eigenvalue weighted by Crippen LogP contribution is -2.33. The molecule has 0 fully saturated rings. The first-order valence-corrected chi connectivity index (χ1v) is 11.3. The maximum absolute atomic E-state index is 13.1. The zero-order chi connectivity index (χ0) is 22.8. The first-order valence-electron chi connectivity index (χ1n) is 9.91. The minimum absolute atomic E-state index is 0.149. The molecule has 1 atom stereocenters. The molecule has 7 nitrogen and oxygen atoms in total. The molecule has 166 valence electrons. The van der Waals surface area contributed by atoms with E-state index in [-0.39, 0.29) is 17.9 Å². The summed E-state index contributed by atoms with van der Waals surface area (Å²) in [4.78, 5) is 30.0. The van der Waals surface area contributed by atoms with E-state index in [0.717, 1.165) is 11.1 Å². The summed E-state index contributed by atoms with van der Waals surface area (Å²) in [7, 11) is 4.91. The predicted octanol–water partition coefficient (Wildman–Crippen LogP) is 4.22. The molecule has 4 rings (SSSR count). The average Bonchev–Trinajstić information content (AvgIpc) is 2.80. The van der Waals surface area contributed by atoms with Gasteiger partial charge in [-0.2, -0.15) is 4.98 Å². The summed E-state index contributed by atoms with van der Waals surface area (Å²) >= 11 is 7.37. The smallest absolute Gasteiger partial charge is 0.279 e. The molecule has 3 aromatic rings. The lowest BCUT2D eigenvalue weighted by Gasteiger charge is -2.28. The summed E-state index contributed by atoms with van der Waals surface area (Å²) in [6, 6.07) is 12.9. The fourth-order valence-electron chi connectivity index (χ4n) is 3.75. The number of anilines is 1. The molecule has 0 unspecified atom stereocenters. The molecular formula is C23H22ClN3O4S. The van der Waals surface area contributed by atoms with Gasteiger partial charge in [-0.05, 0) is 35.4 Å². The van der Waals surface area contributed by atoms with Crippen LogP contribution in [-0.2, 0) is 17.6 Å². The molecule has 1 amide bonds. The van der Waals surface area contributed by atoms with Crippen LogP contribution < -0.4 is 20.3 Å². The first-order chi connectivity index (χ1) is 15.4. The number of carbonyl (C=O) groups excluding carboxylic acids is 1. The first kappa shape index (κ1) is 22.2. The van der Waals surface area contributed by atoms with E-state index in [9.17, 15) is 9.59 Å². The Balaban J connectivity index is 1.71. The fraction of sp³-hybridized carbons (Fsp3) is 0.261. The number of halogens is 1. The van der Waals surface area contributed by atoms with Crippen molar-refractivity contribution in [1.82, 2.24) is 9.55 Å². The number of thioether (sulfide) groups is 1. The second-order valence-corrected chi connectivity index (χ2v) is 8.73. The van der Waals surface area contributed by atoms with Crippen molar-refractivity contribution in [3.63, 3.8) is 0 Å². The van der Waals surface area contributed by atoms with Gasteiger partial charge in [0.15, 0.2) is 16.7 Å². The molecule has 0 aliphatic carbocycles. The number of carbonyl (C=O) groups is 1. The molecule has 1 aliphatic rings. The molecule has 0 saturated heterocycles. The minimum Gasteiger partial charge on any atom is -0.493 e. The Kier molecular flexibility index (Phi) is 6.43. The summed E-state index contributed by atoms with van der Waals surface area (Å²) in [5, 5.41) is 4.06. The quantitative estimate of drug-likeness (QED) is 0.428. The molecule has 0 saturated carbocycles. The number of rotatable bonds is 6. The molecular weight excluding hydrogens is 450 g/mol. The normalized spacial score (nSPS) is 15.1. The van der Waals surface area contributed by atoms with E-state index in [1.54, 1.807) is 38.0 Å². The standard InChI is InChI=1S/C23H22ClN3O4S/c1-27-21-20(22(29)26-23(27)32-12-13-4-7-15(24)8-5-13)16(11-19(28)25-21)14-6-9-17(30-2)18(10-14)31-3/h4-10,16H,11-12H2,1-3H3,(H,25,28)/t16-/m0/s1. The average molecular weight is 472 g/mol. The lowest BCUT2D eigenvalue weighted by atomic mass is 9.86. The van der Waals surface area contributed by atoms with E-state index in [2.05, 4.69) is 10.3 Å². The molecule has 1 N–H and O–H groups in total. The summed E-state index contributed by atoms with van der Waals surface area (Å²) in [6.45, 7) is 0. The van der Waals surface area contributed by atoms with E-state index in [4.69, 9.17) is 21.1 Å². The van der Waals surface area contributed by atoms with Gasteiger partial charge < -0.3 is 19.4 Å². The van der Waals surface area contributed by atoms with Crippen LogP contribution in [-0.4, -0.2) is 29.7 Å². The Labute approximate surface area is 194 Å². The lowest BCUT2D eigenvalue weighted by molar-refractivity contribution is -0.116. The van der Waals surface area contributed by atoms with Gasteiger partial charge in [0.05, 0.1) is 19.8 Å². The van der Waals surface area contributed by atoms with Gasteiger partial charge in [-0.25, -0.2) is 0 Å². The number of aromatic nitrogens is 2. The molecule has 1 aromatic heterocycles. The van der Waals surface area contributed by atoms with E-state index >= 15 is 0 Å². The Morgan fingerprint density at radius 2 is 1.84 bits per heavy atom. The molecule has 1 aliphatic heterocycles. The van der Waals surface area contributed by atoms with Crippen LogP contribution in [0.25, 0.3) is 0 Å². The summed E-state index contributed by atoms with van der Waals surface area (Å²) in [6.07, 6.45) is 0.149. The van der Waals surface area contributed by atoms with Crippen molar-refractivity contribution in [2.75, 3.05) is 19.5 Å². The number of nitrogens with one attached hydrogen (secondary N) is 1. The third-order valence-electron chi connectivity index (χ3n) is 5.39. The van der Waals surface area contributed by atoms with Crippen LogP contribution >= 0.6 is 23.4 Å². The Hall–Kier alpha value is -2.97. The van der Waals surface area contributed by atoms with Gasteiger partial charge >= 0.3 is 0 Å². The Morgan fingerprint density at radius 1 is 1.12 bits per heavy atom. The van der Waals surface area contributed by atoms with Gasteiger partial charge in [-0.1, -0.05) is 41.6 Å². The number of benzene rings is 2. The zero-order valence-corrected chi connectivity index (χ0v) is 19.4. The van der Waals surface area contributed by atoms with Crippen LogP contribution in [0.15, 0.2) is 52.4 Å². The van der Waals surface area contributed by atoms with Gasteiger partial charge in [-0.3, -0.25) is 9.59 Å².